The zero-order chi connectivity index (χ0) is 27.7. The number of aliphatic carboxylic acids is 1. The van der Waals surface area contributed by atoms with Crippen molar-refractivity contribution in [2.45, 2.75) is 65.3 Å². The first kappa shape index (κ1) is 28.6. The largest absolute Gasteiger partial charge is 0.481 e. The summed E-state index contributed by atoms with van der Waals surface area (Å²) in [7, 11) is 0. The molecule has 6 heteroatoms. The summed E-state index contributed by atoms with van der Waals surface area (Å²) in [6.07, 6.45) is 2.09. The number of amides is 2. The highest BCUT2D eigenvalue weighted by molar-refractivity contribution is 5.95. The van der Waals surface area contributed by atoms with E-state index in [2.05, 4.69) is 50.4 Å². The molecule has 3 aromatic carbocycles. The molecule has 0 aromatic heterocycles. The van der Waals surface area contributed by atoms with Gasteiger partial charge in [-0.25, -0.2) is 4.79 Å². The second kappa shape index (κ2) is 13.0. The number of carboxylic acids is 1. The monoisotopic (exact) mass is 513 g/mol. The number of aryl methyl sites for hydroxylation is 1. The van der Waals surface area contributed by atoms with Gasteiger partial charge in [0.05, 0.1) is 6.42 Å². The highest BCUT2D eigenvalue weighted by Crippen LogP contribution is 2.23. The number of amidine groups is 1. The fourth-order valence-corrected chi connectivity index (χ4v) is 4.34. The normalized spacial score (nSPS) is 11.2. The van der Waals surface area contributed by atoms with Crippen molar-refractivity contribution in [3.05, 3.63) is 95.1 Å². The maximum Gasteiger partial charge on any atom is 0.323 e. The van der Waals surface area contributed by atoms with Crippen LogP contribution in [0.25, 0.3) is 11.1 Å². The zero-order valence-electron chi connectivity index (χ0n) is 22.9. The zero-order valence-corrected chi connectivity index (χ0v) is 22.9. The molecule has 3 rings (SSSR count). The van der Waals surface area contributed by atoms with Crippen LogP contribution >= 0.6 is 0 Å². The Labute approximate surface area is 226 Å². The van der Waals surface area contributed by atoms with Gasteiger partial charge >= 0.3 is 12.0 Å². The fraction of sp³-hybridized carbons (Fsp3) is 0.344. The van der Waals surface area contributed by atoms with Gasteiger partial charge in [0.25, 0.3) is 0 Å². The van der Waals surface area contributed by atoms with Crippen LogP contribution in [-0.4, -0.2) is 34.4 Å². The van der Waals surface area contributed by atoms with E-state index in [0.29, 0.717) is 25.3 Å². The summed E-state index contributed by atoms with van der Waals surface area (Å²) in [5.41, 5.74) is 6.43. The third-order valence-electron chi connectivity index (χ3n) is 6.60. The highest BCUT2D eigenvalue weighted by atomic mass is 16.4. The first-order chi connectivity index (χ1) is 18.1. The van der Waals surface area contributed by atoms with E-state index in [-0.39, 0.29) is 17.9 Å². The van der Waals surface area contributed by atoms with Crippen LogP contribution in [0.15, 0.2) is 72.8 Å². The van der Waals surface area contributed by atoms with Crippen LogP contribution in [-0.2, 0) is 29.6 Å². The Bertz CT molecular complexity index is 1240. The first-order valence-corrected chi connectivity index (χ1v) is 13.2. The molecule has 38 heavy (non-hydrogen) atoms. The average molecular weight is 514 g/mol. The predicted octanol–water partition coefficient (Wildman–Crippen LogP) is 6.81. The number of hydrogen-bond donors (Lipinski definition) is 3. The summed E-state index contributed by atoms with van der Waals surface area (Å²) >= 11 is 0. The molecule has 0 saturated heterocycles. The summed E-state index contributed by atoms with van der Waals surface area (Å²) in [5, 5.41) is 20.4. The SMILES string of the molecule is CCN(C(=N)CCCc1cccc(-c2ccc(CC(=O)O)cc2)c1)C(=O)NCc1ccc(C(C)(C)C)cc1. The first-order valence-electron chi connectivity index (χ1n) is 13.2. The molecule has 0 heterocycles. The van der Waals surface area contributed by atoms with Crippen LogP contribution in [0, 0.1) is 5.41 Å². The highest BCUT2D eigenvalue weighted by Gasteiger charge is 2.17. The number of carbonyl (C=O) groups is 2. The lowest BCUT2D eigenvalue weighted by Crippen LogP contribution is -2.43. The van der Waals surface area contributed by atoms with Gasteiger partial charge in [0, 0.05) is 19.5 Å². The Morgan fingerprint density at radius 3 is 2.16 bits per heavy atom. The van der Waals surface area contributed by atoms with Crippen LogP contribution in [0.5, 0.6) is 0 Å². The molecule has 3 N–H and O–H groups in total. The molecular weight excluding hydrogens is 474 g/mol. The summed E-state index contributed by atoms with van der Waals surface area (Å²) in [5.74, 6) is -0.520. The molecular formula is C32H39N3O3. The van der Waals surface area contributed by atoms with Gasteiger partial charge in [0.15, 0.2) is 0 Å². The molecule has 2 amide bonds. The molecule has 0 aliphatic carbocycles. The van der Waals surface area contributed by atoms with E-state index in [0.717, 1.165) is 40.7 Å². The second-order valence-corrected chi connectivity index (χ2v) is 10.6. The van der Waals surface area contributed by atoms with Gasteiger partial charge in [0.1, 0.15) is 5.84 Å². The maximum absolute atomic E-state index is 12.8. The molecule has 0 atom stereocenters. The lowest BCUT2D eigenvalue weighted by atomic mass is 9.87. The second-order valence-electron chi connectivity index (χ2n) is 10.6. The van der Waals surface area contributed by atoms with Crippen molar-refractivity contribution in [2.75, 3.05) is 6.54 Å². The summed E-state index contributed by atoms with van der Waals surface area (Å²) in [4.78, 5) is 25.2. The van der Waals surface area contributed by atoms with Crippen molar-refractivity contribution in [1.82, 2.24) is 10.2 Å². The smallest absolute Gasteiger partial charge is 0.323 e. The Kier molecular flexibility index (Phi) is 9.83. The van der Waals surface area contributed by atoms with Crippen LogP contribution in [0.2, 0.25) is 0 Å². The molecule has 0 unspecified atom stereocenters. The minimum Gasteiger partial charge on any atom is -0.481 e. The van der Waals surface area contributed by atoms with Crippen LogP contribution in [0.4, 0.5) is 4.79 Å². The number of carboxylic acid groups (broad SMARTS) is 1. The predicted molar refractivity (Wildman–Crippen MR) is 154 cm³/mol. The number of nitrogens with zero attached hydrogens (tertiary/aromatic N) is 1. The van der Waals surface area contributed by atoms with E-state index in [4.69, 9.17) is 10.5 Å². The molecule has 0 aliphatic heterocycles. The van der Waals surface area contributed by atoms with Gasteiger partial charge in [-0.15, -0.1) is 0 Å². The van der Waals surface area contributed by atoms with Gasteiger partial charge in [0.2, 0.25) is 0 Å². The molecule has 3 aromatic rings. The minimum absolute atomic E-state index is 0.0175. The Morgan fingerprint density at radius 2 is 1.55 bits per heavy atom. The van der Waals surface area contributed by atoms with Crippen molar-refractivity contribution in [2.24, 2.45) is 0 Å². The summed E-state index contributed by atoms with van der Waals surface area (Å²) in [6.45, 7) is 9.29. The van der Waals surface area contributed by atoms with Crippen molar-refractivity contribution >= 4 is 17.8 Å². The number of benzene rings is 3. The minimum atomic E-state index is -0.838. The molecule has 0 spiro atoms. The Balaban J connectivity index is 1.50. The van der Waals surface area contributed by atoms with Crippen LogP contribution in [0.3, 0.4) is 0 Å². The average Bonchev–Trinajstić information content (AvgIpc) is 2.88. The lowest BCUT2D eigenvalue weighted by Gasteiger charge is -2.22. The van der Waals surface area contributed by atoms with Crippen molar-refractivity contribution in [1.29, 1.82) is 5.41 Å². The number of rotatable bonds is 10. The topological polar surface area (TPSA) is 93.5 Å². The van der Waals surface area contributed by atoms with Crippen molar-refractivity contribution in [3.63, 3.8) is 0 Å². The van der Waals surface area contributed by atoms with Gasteiger partial charge in [-0.05, 0) is 58.6 Å². The van der Waals surface area contributed by atoms with Crippen LogP contribution < -0.4 is 5.32 Å². The van der Waals surface area contributed by atoms with E-state index in [1.165, 1.54) is 10.5 Å². The third-order valence-corrected chi connectivity index (χ3v) is 6.60. The maximum atomic E-state index is 12.8. The molecule has 0 fully saturated rings. The van der Waals surface area contributed by atoms with E-state index in [1.807, 2.05) is 55.5 Å². The standard InChI is InChI=1S/C32H39N3O3/c1-5-35(31(38)34-22-25-14-18-28(19-15-25)32(2,3)4)29(33)11-7-9-23-8-6-10-27(20-23)26-16-12-24(13-17-26)21-30(36)37/h6,8,10,12-20,33H,5,7,9,11,21-22H2,1-4H3,(H,34,38)(H,36,37). The summed E-state index contributed by atoms with van der Waals surface area (Å²) < 4.78 is 0. The van der Waals surface area contributed by atoms with Gasteiger partial charge in [-0.1, -0.05) is 93.6 Å². The van der Waals surface area contributed by atoms with E-state index in [1.54, 1.807) is 0 Å². The quantitative estimate of drug-likeness (QED) is 0.205. The van der Waals surface area contributed by atoms with Crippen molar-refractivity contribution < 1.29 is 14.7 Å². The van der Waals surface area contributed by atoms with Crippen LogP contribution in [0.1, 0.15) is 62.8 Å². The summed E-state index contributed by atoms with van der Waals surface area (Å²) in [6, 6.07) is 23.9. The van der Waals surface area contributed by atoms with E-state index >= 15 is 0 Å². The molecule has 0 saturated carbocycles. The Hall–Kier alpha value is -3.93. The van der Waals surface area contributed by atoms with Crippen molar-refractivity contribution in [3.8, 4) is 11.1 Å². The molecule has 0 bridgehead atoms. The number of carbonyl (C=O) groups excluding carboxylic acids is 1. The number of hydrogen-bond acceptors (Lipinski definition) is 3. The van der Waals surface area contributed by atoms with Gasteiger partial charge in [-0.3, -0.25) is 15.1 Å². The number of nitrogens with one attached hydrogen (secondary N) is 2. The molecule has 6 nitrogen and oxygen atoms in total. The molecule has 0 radical (unpaired) electrons. The van der Waals surface area contributed by atoms with E-state index < -0.39 is 5.97 Å². The van der Waals surface area contributed by atoms with Gasteiger partial charge < -0.3 is 10.4 Å². The molecule has 200 valence electrons. The lowest BCUT2D eigenvalue weighted by molar-refractivity contribution is -0.136. The number of urea groups is 1. The Morgan fingerprint density at radius 1 is 0.895 bits per heavy atom. The van der Waals surface area contributed by atoms with Gasteiger partial charge in [-0.2, -0.15) is 0 Å². The third kappa shape index (κ3) is 8.30. The molecule has 0 aliphatic rings. The van der Waals surface area contributed by atoms with E-state index in [9.17, 15) is 9.59 Å². The fourth-order valence-electron chi connectivity index (χ4n) is 4.34.